The van der Waals surface area contributed by atoms with Crippen LogP contribution in [0.3, 0.4) is 0 Å². The van der Waals surface area contributed by atoms with Crippen molar-refractivity contribution in [3.05, 3.63) is 36.0 Å². The van der Waals surface area contributed by atoms with Crippen molar-refractivity contribution >= 4 is 16.8 Å². The second-order valence-corrected chi connectivity index (χ2v) is 4.31. The number of fused-ring (bicyclic) bond motifs is 1. The van der Waals surface area contributed by atoms with Gasteiger partial charge in [-0.15, -0.1) is 0 Å². The summed E-state index contributed by atoms with van der Waals surface area (Å²) in [4.78, 5) is 15.2. The highest BCUT2D eigenvalue weighted by molar-refractivity contribution is 5.98. The van der Waals surface area contributed by atoms with Crippen molar-refractivity contribution in [3.63, 3.8) is 0 Å². The minimum Gasteiger partial charge on any atom is -0.383 e. The van der Waals surface area contributed by atoms with E-state index in [0.717, 1.165) is 17.3 Å². The van der Waals surface area contributed by atoms with Gasteiger partial charge in [-0.3, -0.25) is 4.79 Å². The molecule has 0 saturated heterocycles. The Morgan fingerprint density at radius 3 is 3.00 bits per heavy atom. The van der Waals surface area contributed by atoms with Crippen LogP contribution < -0.4 is 5.32 Å². The van der Waals surface area contributed by atoms with Gasteiger partial charge in [0.2, 0.25) is 0 Å². The van der Waals surface area contributed by atoms with Crippen molar-refractivity contribution in [2.45, 2.75) is 19.4 Å². The van der Waals surface area contributed by atoms with Gasteiger partial charge in [-0.2, -0.15) is 0 Å². The van der Waals surface area contributed by atoms with E-state index in [1.165, 1.54) is 0 Å². The molecule has 0 fully saturated rings. The van der Waals surface area contributed by atoms with Crippen LogP contribution in [0.2, 0.25) is 0 Å². The van der Waals surface area contributed by atoms with E-state index >= 15 is 0 Å². The Morgan fingerprint density at radius 2 is 2.28 bits per heavy atom. The number of carbonyl (C=O) groups is 1. The van der Waals surface area contributed by atoms with Crippen LogP contribution in [0.5, 0.6) is 0 Å². The summed E-state index contributed by atoms with van der Waals surface area (Å²) in [5, 5.41) is 4.07. The zero-order valence-corrected chi connectivity index (χ0v) is 10.7. The van der Waals surface area contributed by atoms with E-state index in [2.05, 4.69) is 10.3 Å². The van der Waals surface area contributed by atoms with Gasteiger partial charge in [-0.05, 0) is 30.0 Å². The summed E-state index contributed by atoms with van der Waals surface area (Å²) in [5.74, 6) is -0.0598. The fourth-order valence-electron chi connectivity index (χ4n) is 1.92. The van der Waals surface area contributed by atoms with Crippen LogP contribution in [0, 0.1) is 0 Å². The fourth-order valence-corrected chi connectivity index (χ4v) is 1.92. The second-order valence-electron chi connectivity index (χ2n) is 4.31. The fraction of sp³-hybridized carbons (Fsp3) is 0.357. The molecule has 18 heavy (non-hydrogen) atoms. The highest BCUT2D eigenvalue weighted by Gasteiger charge is 2.12. The van der Waals surface area contributed by atoms with Gasteiger partial charge in [-0.25, -0.2) is 0 Å². The van der Waals surface area contributed by atoms with Gasteiger partial charge in [0.25, 0.3) is 5.91 Å². The summed E-state index contributed by atoms with van der Waals surface area (Å²) in [7, 11) is 1.64. The largest absolute Gasteiger partial charge is 0.383 e. The molecule has 1 atom stereocenters. The highest BCUT2D eigenvalue weighted by atomic mass is 16.5. The van der Waals surface area contributed by atoms with Crippen LogP contribution >= 0.6 is 0 Å². The van der Waals surface area contributed by atoms with E-state index in [9.17, 15) is 4.79 Å². The minimum atomic E-state index is -0.0598. The number of amides is 1. The lowest BCUT2D eigenvalue weighted by Crippen LogP contribution is -2.37. The molecule has 4 nitrogen and oxygen atoms in total. The van der Waals surface area contributed by atoms with Crippen LogP contribution in [0.25, 0.3) is 10.9 Å². The maximum atomic E-state index is 12.1. The molecule has 1 heterocycles. The summed E-state index contributed by atoms with van der Waals surface area (Å²) in [5.41, 5.74) is 1.64. The third kappa shape index (κ3) is 2.71. The zero-order valence-electron chi connectivity index (χ0n) is 10.7. The standard InChI is InChI=1S/C14H18N2O2/c1-3-12(9-18-2)16-14(17)11-5-4-10-6-7-15-13(10)8-11/h4-8,12,15H,3,9H2,1-2H3,(H,16,17). The van der Waals surface area contributed by atoms with Gasteiger partial charge in [0.15, 0.2) is 0 Å². The van der Waals surface area contributed by atoms with Crippen molar-refractivity contribution in [1.82, 2.24) is 10.3 Å². The van der Waals surface area contributed by atoms with Crippen molar-refractivity contribution in [2.24, 2.45) is 0 Å². The van der Waals surface area contributed by atoms with Gasteiger partial charge in [0.05, 0.1) is 12.6 Å². The predicted molar refractivity (Wildman–Crippen MR) is 71.7 cm³/mol. The van der Waals surface area contributed by atoms with Crippen LogP contribution in [0.4, 0.5) is 0 Å². The molecule has 0 radical (unpaired) electrons. The Morgan fingerprint density at radius 1 is 1.44 bits per heavy atom. The molecule has 2 rings (SSSR count). The van der Waals surface area contributed by atoms with E-state index in [-0.39, 0.29) is 11.9 Å². The lowest BCUT2D eigenvalue weighted by atomic mass is 10.1. The molecule has 1 aromatic heterocycles. The summed E-state index contributed by atoms with van der Waals surface area (Å²) < 4.78 is 5.07. The number of hydrogen-bond acceptors (Lipinski definition) is 2. The molecule has 2 N–H and O–H groups in total. The SMILES string of the molecule is CCC(COC)NC(=O)c1ccc2cc[nH]c2c1. The Balaban J connectivity index is 2.12. The van der Waals surface area contributed by atoms with Crippen molar-refractivity contribution in [3.8, 4) is 0 Å². The van der Waals surface area contributed by atoms with Crippen molar-refractivity contribution in [1.29, 1.82) is 0 Å². The third-order valence-corrected chi connectivity index (χ3v) is 3.01. The molecule has 0 saturated carbocycles. The summed E-state index contributed by atoms with van der Waals surface area (Å²) in [6.45, 7) is 2.56. The van der Waals surface area contributed by atoms with Gasteiger partial charge in [0, 0.05) is 24.4 Å². The quantitative estimate of drug-likeness (QED) is 0.850. The average Bonchev–Trinajstić information content (AvgIpc) is 2.85. The predicted octanol–water partition coefficient (Wildman–Crippen LogP) is 2.32. The Kier molecular flexibility index (Phi) is 3.99. The molecule has 1 amide bonds. The van der Waals surface area contributed by atoms with Gasteiger partial charge < -0.3 is 15.0 Å². The van der Waals surface area contributed by atoms with Crippen LogP contribution in [0.1, 0.15) is 23.7 Å². The third-order valence-electron chi connectivity index (χ3n) is 3.01. The minimum absolute atomic E-state index is 0.0573. The number of aromatic amines is 1. The van der Waals surface area contributed by atoms with E-state index < -0.39 is 0 Å². The Bertz CT molecular complexity index is 533. The number of methoxy groups -OCH3 is 1. The molecule has 96 valence electrons. The second kappa shape index (κ2) is 5.69. The first-order valence-corrected chi connectivity index (χ1v) is 6.11. The molecule has 0 aliphatic carbocycles. The number of ether oxygens (including phenoxy) is 1. The summed E-state index contributed by atoms with van der Waals surface area (Å²) in [6.07, 6.45) is 2.72. The van der Waals surface area contributed by atoms with Crippen LogP contribution in [-0.2, 0) is 4.74 Å². The van der Waals surface area contributed by atoms with E-state index in [0.29, 0.717) is 12.2 Å². The summed E-state index contributed by atoms with van der Waals surface area (Å²) >= 11 is 0. The number of benzene rings is 1. The zero-order chi connectivity index (χ0) is 13.0. The lowest BCUT2D eigenvalue weighted by Gasteiger charge is -2.15. The van der Waals surface area contributed by atoms with E-state index in [1.54, 1.807) is 7.11 Å². The number of nitrogens with one attached hydrogen (secondary N) is 2. The van der Waals surface area contributed by atoms with Crippen molar-refractivity contribution < 1.29 is 9.53 Å². The molecule has 0 aliphatic heterocycles. The van der Waals surface area contributed by atoms with Crippen LogP contribution in [0.15, 0.2) is 30.5 Å². The highest BCUT2D eigenvalue weighted by Crippen LogP contribution is 2.14. The molecule has 0 spiro atoms. The maximum Gasteiger partial charge on any atom is 0.251 e. The molecule has 0 aliphatic rings. The van der Waals surface area contributed by atoms with Crippen molar-refractivity contribution in [2.75, 3.05) is 13.7 Å². The number of carbonyl (C=O) groups excluding carboxylic acids is 1. The molecule has 2 aromatic rings. The Hall–Kier alpha value is -1.81. The molecule has 0 bridgehead atoms. The Labute approximate surface area is 106 Å². The smallest absolute Gasteiger partial charge is 0.251 e. The maximum absolute atomic E-state index is 12.1. The number of hydrogen-bond donors (Lipinski definition) is 2. The first kappa shape index (κ1) is 12.6. The first-order chi connectivity index (χ1) is 8.74. The summed E-state index contributed by atoms with van der Waals surface area (Å²) in [6, 6.07) is 7.69. The number of aromatic nitrogens is 1. The van der Waals surface area contributed by atoms with Gasteiger partial charge in [0.1, 0.15) is 0 Å². The molecule has 1 unspecified atom stereocenters. The number of rotatable bonds is 5. The first-order valence-electron chi connectivity index (χ1n) is 6.11. The molecular weight excluding hydrogens is 228 g/mol. The number of H-pyrrole nitrogens is 1. The lowest BCUT2D eigenvalue weighted by molar-refractivity contribution is 0.0895. The van der Waals surface area contributed by atoms with E-state index in [1.807, 2.05) is 37.4 Å². The average molecular weight is 246 g/mol. The monoisotopic (exact) mass is 246 g/mol. The topological polar surface area (TPSA) is 54.1 Å². The van der Waals surface area contributed by atoms with Gasteiger partial charge in [-0.1, -0.05) is 13.0 Å². The van der Waals surface area contributed by atoms with Crippen LogP contribution in [-0.4, -0.2) is 30.6 Å². The van der Waals surface area contributed by atoms with Gasteiger partial charge >= 0.3 is 0 Å². The van der Waals surface area contributed by atoms with E-state index in [4.69, 9.17) is 4.74 Å². The molecule has 4 heteroatoms. The normalized spacial score (nSPS) is 12.6. The molecular formula is C14H18N2O2. The molecule has 1 aromatic carbocycles.